The van der Waals surface area contributed by atoms with E-state index in [1.165, 1.54) is 11.5 Å². The van der Waals surface area contributed by atoms with Gasteiger partial charge in [0.1, 0.15) is 5.52 Å². The number of likely N-dealkylation sites (tertiary alicyclic amines) is 1. The Kier molecular flexibility index (Phi) is 9.23. The molecule has 0 spiro atoms. The lowest BCUT2D eigenvalue weighted by Gasteiger charge is -2.39. The van der Waals surface area contributed by atoms with Crippen molar-refractivity contribution in [2.24, 2.45) is 11.8 Å². The molecule has 5 aromatic rings. The lowest BCUT2D eigenvalue weighted by atomic mass is 9.79. The first-order valence-electron chi connectivity index (χ1n) is 18.8. The summed E-state index contributed by atoms with van der Waals surface area (Å²) < 4.78 is 31.0. The standard InChI is InChI=1S/C41H41Cl2FN6O3S/c1-19-18-54-48-36(19)21(3)53-25-14-31(49(17-25)41(52)22-9-10-22)32-15-28-37(20(2)51)47-38-27(40(28)50(32)39-24-13-30(39)46-16-24)12-23(6-5-11-45)33(35(38)44)26-7-4-8-29(42)34(26)43/h4,7-8,12,15,18,20-22,24-25,30-31,39,46,51H,5-6,9-10,13-14,16-17H2,1-3H3/t20?,21?,24-,25+,30-,31-,39+/m1/s1. The molecule has 13 heteroatoms. The number of rotatable bonds is 10. The van der Waals surface area contributed by atoms with Crippen molar-refractivity contribution in [2.75, 3.05) is 13.1 Å². The zero-order chi connectivity index (χ0) is 37.6. The van der Waals surface area contributed by atoms with Crippen molar-refractivity contribution in [3.63, 3.8) is 0 Å². The summed E-state index contributed by atoms with van der Waals surface area (Å²) in [5, 5.41) is 28.5. The minimum absolute atomic E-state index is 0.00730. The fourth-order valence-electron chi connectivity index (χ4n) is 9.32. The molecule has 1 amide bonds. The highest BCUT2D eigenvalue weighted by Gasteiger charge is 2.51. The van der Waals surface area contributed by atoms with Crippen molar-refractivity contribution in [1.29, 1.82) is 5.26 Å². The molecule has 54 heavy (non-hydrogen) atoms. The lowest BCUT2D eigenvalue weighted by molar-refractivity contribution is -0.134. The fraction of sp³-hybridized carbons (Fsp3) is 0.463. The number of nitrogens with zero attached hydrogens (tertiary/aromatic N) is 5. The molecule has 5 aliphatic rings. The molecule has 2 bridgehead atoms. The maximum absolute atomic E-state index is 17.4. The van der Waals surface area contributed by atoms with Gasteiger partial charge in [-0.2, -0.15) is 9.64 Å². The minimum Gasteiger partial charge on any atom is -0.387 e. The monoisotopic (exact) mass is 786 g/mol. The molecule has 2 unspecified atom stereocenters. The van der Waals surface area contributed by atoms with E-state index in [9.17, 15) is 15.2 Å². The molecule has 280 valence electrons. The van der Waals surface area contributed by atoms with Crippen LogP contribution in [0.5, 0.6) is 0 Å². The molecular weight excluding hydrogens is 746 g/mol. The Hall–Kier alpha value is -3.63. The van der Waals surface area contributed by atoms with E-state index in [0.29, 0.717) is 46.1 Å². The highest BCUT2D eigenvalue weighted by molar-refractivity contribution is 7.03. The summed E-state index contributed by atoms with van der Waals surface area (Å²) in [5.74, 6) is -0.0816. The van der Waals surface area contributed by atoms with E-state index in [2.05, 4.69) is 26.4 Å². The van der Waals surface area contributed by atoms with Gasteiger partial charge in [-0.15, -0.1) is 0 Å². The van der Waals surface area contributed by atoms with Gasteiger partial charge in [0, 0.05) is 70.9 Å². The second-order valence-electron chi connectivity index (χ2n) is 15.6. The number of carbonyl (C=O) groups excluding carboxylic acids is 1. The number of aliphatic hydroxyl groups is 1. The quantitative estimate of drug-likeness (QED) is 0.145. The Morgan fingerprint density at radius 2 is 2.02 bits per heavy atom. The third-order valence-corrected chi connectivity index (χ3v) is 13.6. The van der Waals surface area contributed by atoms with Gasteiger partial charge in [-0.1, -0.05) is 35.3 Å². The summed E-state index contributed by atoms with van der Waals surface area (Å²) in [6, 6.07) is 11.3. The van der Waals surface area contributed by atoms with Gasteiger partial charge in [-0.05, 0) is 93.2 Å². The second kappa shape index (κ2) is 13.8. The topological polar surface area (TPSA) is 116 Å². The van der Waals surface area contributed by atoms with Gasteiger partial charge in [0.2, 0.25) is 5.91 Å². The molecule has 0 radical (unpaired) electrons. The van der Waals surface area contributed by atoms with E-state index in [1.54, 1.807) is 25.1 Å². The molecule has 9 nitrogen and oxygen atoms in total. The number of aliphatic hydroxyl groups excluding tert-OH is 1. The molecular formula is C41H41Cl2FN6O3S. The molecule has 3 aromatic heterocycles. The Morgan fingerprint density at radius 3 is 2.69 bits per heavy atom. The fourth-order valence-corrected chi connectivity index (χ4v) is 10.4. The lowest BCUT2D eigenvalue weighted by Crippen LogP contribution is -2.41. The van der Waals surface area contributed by atoms with Crippen LogP contribution in [0.2, 0.25) is 10.0 Å². The predicted molar refractivity (Wildman–Crippen MR) is 208 cm³/mol. The van der Waals surface area contributed by atoms with Crippen LogP contribution < -0.4 is 5.32 Å². The predicted octanol–water partition coefficient (Wildman–Crippen LogP) is 8.94. The van der Waals surface area contributed by atoms with Gasteiger partial charge in [-0.25, -0.2) is 9.37 Å². The van der Waals surface area contributed by atoms with E-state index in [0.717, 1.165) is 53.7 Å². The van der Waals surface area contributed by atoms with Crippen LogP contribution in [-0.4, -0.2) is 55.1 Å². The number of nitriles is 1. The van der Waals surface area contributed by atoms with E-state index < -0.39 is 11.9 Å². The van der Waals surface area contributed by atoms with E-state index in [4.69, 9.17) is 32.9 Å². The normalized spacial score (nSPS) is 24.6. The zero-order valence-corrected chi connectivity index (χ0v) is 32.6. The Balaban J connectivity index is 1.27. The van der Waals surface area contributed by atoms with Gasteiger partial charge in [0.05, 0.1) is 63.4 Å². The number of fused-ring (bicyclic) bond motifs is 4. The largest absolute Gasteiger partial charge is 0.387 e. The number of hydrogen-bond donors (Lipinski definition) is 2. The molecule has 7 atom stereocenters. The SMILES string of the molecule is Cc1csnc1C(C)O[C@H]1C[C@H](c2cc3c(C(C)O)nc4c(F)c(-c5cccc(Cl)c5Cl)c(CCC#N)cc4c3n2[C@H]2[C@H]3CN[C@@H]2C3)N(C(=O)C2CC2)C1. The molecule has 3 aliphatic heterocycles. The highest BCUT2D eigenvalue weighted by atomic mass is 35.5. The number of aryl methyl sites for hydroxylation is 2. The number of aromatic nitrogens is 3. The number of ether oxygens (including phenoxy) is 1. The Bertz CT molecular complexity index is 2350. The summed E-state index contributed by atoms with van der Waals surface area (Å²) in [6.07, 6.45) is 2.37. The first-order valence-corrected chi connectivity index (χ1v) is 20.4. The van der Waals surface area contributed by atoms with Gasteiger partial charge >= 0.3 is 0 Å². The number of benzene rings is 2. The number of halogens is 3. The van der Waals surface area contributed by atoms with Crippen LogP contribution in [-0.2, 0) is 16.0 Å². The number of carbonyl (C=O) groups is 1. The number of nitrogens with one attached hydrogen (secondary N) is 1. The van der Waals surface area contributed by atoms with Crippen molar-refractivity contribution in [2.45, 2.75) is 95.7 Å². The summed E-state index contributed by atoms with van der Waals surface area (Å²) in [5.41, 5.74) is 5.50. The summed E-state index contributed by atoms with van der Waals surface area (Å²) >= 11 is 14.6. The van der Waals surface area contributed by atoms with Gasteiger partial charge in [0.15, 0.2) is 5.82 Å². The van der Waals surface area contributed by atoms with Crippen LogP contribution in [0.15, 0.2) is 35.7 Å². The highest BCUT2D eigenvalue weighted by Crippen LogP contribution is 2.52. The average Bonchev–Trinajstić information content (AvgIpc) is 3.58. The number of amides is 1. The van der Waals surface area contributed by atoms with Gasteiger partial charge < -0.3 is 24.6 Å². The molecule has 2 aromatic carbocycles. The molecule has 3 saturated heterocycles. The first kappa shape index (κ1) is 36.0. The molecule has 5 fully saturated rings. The van der Waals surface area contributed by atoms with E-state index >= 15 is 4.39 Å². The third-order valence-electron chi connectivity index (χ3n) is 12.0. The summed E-state index contributed by atoms with van der Waals surface area (Å²) in [6.45, 7) is 7.04. The van der Waals surface area contributed by atoms with Crippen LogP contribution in [0.25, 0.3) is 32.9 Å². The molecule has 2 aliphatic carbocycles. The maximum atomic E-state index is 17.4. The third kappa shape index (κ3) is 5.84. The van der Waals surface area contributed by atoms with Gasteiger partial charge in [-0.3, -0.25) is 4.79 Å². The number of pyridine rings is 1. The van der Waals surface area contributed by atoms with Crippen molar-refractivity contribution in [1.82, 2.24) is 24.1 Å². The summed E-state index contributed by atoms with van der Waals surface area (Å²) in [4.78, 5) is 21.0. The Morgan fingerprint density at radius 1 is 1.20 bits per heavy atom. The van der Waals surface area contributed by atoms with E-state index in [1.807, 2.05) is 30.2 Å². The van der Waals surface area contributed by atoms with E-state index in [-0.39, 0.29) is 71.1 Å². The van der Waals surface area contributed by atoms with Crippen molar-refractivity contribution >= 4 is 62.4 Å². The van der Waals surface area contributed by atoms with Crippen LogP contribution in [0.1, 0.15) is 98.5 Å². The van der Waals surface area contributed by atoms with Crippen molar-refractivity contribution in [3.05, 3.63) is 79.8 Å². The second-order valence-corrected chi connectivity index (χ2v) is 17.0. The van der Waals surface area contributed by atoms with Crippen LogP contribution >= 0.6 is 34.7 Å². The minimum atomic E-state index is -1.02. The number of hydrogen-bond acceptors (Lipinski definition) is 8. The summed E-state index contributed by atoms with van der Waals surface area (Å²) in [7, 11) is 0. The zero-order valence-electron chi connectivity index (χ0n) is 30.3. The first-order chi connectivity index (χ1) is 26.0. The van der Waals surface area contributed by atoms with Crippen LogP contribution in [0.3, 0.4) is 0 Å². The van der Waals surface area contributed by atoms with Crippen molar-refractivity contribution < 1.29 is 19.0 Å². The molecule has 2 N–H and O–H groups in total. The van der Waals surface area contributed by atoms with Crippen molar-refractivity contribution in [3.8, 4) is 17.2 Å². The molecule has 10 rings (SSSR count). The Labute approximate surface area is 327 Å². The van der Waals surface area contributed by atoms with Gasteiger partial charge in [0.25, 0.3) is 0 Å². The average molecular weight is 788 g/mol. The maximum Gasteiger partial charge on any atom is 0.226 e. The molecule has 2 saturated carbocycles. The smallest absolute Gasteiger partial charge is 0.226 e. The molecule has 6 heterocycles. The van der Waals surface area contributed by atoms with Crippen LogP contribution in [0, 0.1) is 35.9 Å². The van der Waals surface area contributed by atoms with Crippen LogP contribution in [0.4, 0.5) is 4.39 Å².